The molecule has 0 aliphatic rings. The van der Waals surface area contributed by atoms with Crippen LogP contribution in [0.3, 0.4) is 0 Å². The van der Waals surface area contributed by atoms with Crippen LogP contribution in [0.2, 0.25) is 0 Å². The van der Waals surface area contributed by atoms with Gasteiger partial charge in [0.05, 0.1) is 0 Å². The zero-order valence-corrected chi connectivity index (χ0v) is 10.7. The van der Waals surface area contributed by atoms with Crippen LogP contribution in [0.1, 0.15) is 43.4 Å². The molecule has 84 valence electrons. The summed E-state index contributed by atoms with van der Waals surface area (Å²) in [6, 6.07) is 4.44. The van der Waals surface area contributed by atoms with Crippen LogP contribution in [-0.4, -0.2) is 5.78 Å². The van der Waals surface area contributed by atoms with Gasteiger partial charge in [0.25, 0.3) is 0 Å². The third kappa shape index (κ3) is 5.12. The molecule has 1 aromatic rings. The SMILES string of the molecule is CC(=O)CCCc1ccc(CC(C)C)s1. The Balaban J connectivity index is 2.36. The van der Waals surface area contributed by atoms with E-state index in [1.807, 2.05) is 11.3 Å². The largest absolute Gasteiger partial charge is 0.300 e. The van der Waals surface area contributed by atoms with Crippen molar-refractivity contribution in [1.29, 1.82) is 0 Å². The Morgan fingerprint density at radius 1 is 1.33 bits per heavy atom. The fraction of sp³-hybridized carbons (Fsp3) is 0.615. The van der Waals surface area contributed by atoms with Crippen molar-refractivity contribution in [3.8, 4) is 0 Å². The molecular formula is C13H20OS. The minimum atomic E-state index is 0.300. The molecule has 0 fully saturated rings. The second-order valence-electron chi connectivity index (χ2n) is 4.52. The number of aryl methyl sites for hydroxylation is 1. The Kier molecular flexibility index (Phi) is 5.03. The number of Topliss-reactive ketones (excluding diaryl/α,β-unsaturated/α-hetero) is 1. The van der Waals surface area contributed by atoms with Gasteiger partial charge >= 0.3 is 0 Å². The van der Waals surface area contributed by atoms with Crippen LogP contribution in [0.4, 0.5) is 0 Å². The van der Waals surface area contributed by atoms with E-state index in [1.54, 1.807) is 6.92 Å². The Morgan fingerprint density at radius 2 is 2.00 bits per heavy atom. The van der Waals surface area contributed by atoms with Gasteiger partial charge in [-0.2, -0.15) is 0 Å². The Bertz CT molecular complexity index is 312. The molecule has 0 radical (unpaired) electrons. The molecular weight excluding hydrogens is 204 g/mol. The number of rotatable bonds is 6. The summed E-state index contributed by atoms with van der Waals surface area (Å²) in [7, 11) is 0. The Morgan fingerprint density at radius 3 is 2.60 bits per heavy atom. The Hall–Kier alpha value is -0.630. The molecule has 0 saturated carbocycles. The van der Waals surface area contributed by atoms with E-state index >= 15 is 0 Å². The molecule has 0 saturated heterocycles. The van der Waals surface area contributed by atoms with E-state index in [4.69, 9.17) is 0 Å². The average molecular weight is 224 g/mol. The third-order valence-corrected chi connectivity index (χ3v) is 3.45. The highest BCUT2D eigenvalue weighted by molar-refractivity contribution is 7.11. The van der Waals surface area contributed by atoms with Crippen molar-refractivity contribution in [1.82, 2.24) is 0 Å². The number of hydrogen-bond donors (Lipinski definition) is 0. The van der Waals surface area contributed by atoms with Gasteiger partial charge in [-0.15, -0.1) is 11.3 Å². The van der Waals surface area contributed by atoms with Gasteiger partial charge < -0.3 is 4.79 Å². The van der Waals surface area contributed by atoms with E-state index < -0.39 is 0 Å². The zero-order valence-electron chi connectivity index (χ0n) is 9.88. The molecule has 0 unspecified atom stereocenters. The Labute approximate surface area is 96.5 Å². The van der Waals surface area contributed by atoms with Crippen LogP contribution in [0, 0.1) is 5.92 Å². The molecule has 0 N–H and O–H groups in total. The van der Waals surface area contributed by atoms with Gasteiger partial charge in [-0.05, 0) is 44.2 Å². The molecule has 0 spiro atoms. The molecule has 0 aromatic carbocycles. The lowest BCUT2D eigenvalue weighted by atomic mass is 10.1. The summed E-state index contributed by atoms with van der Waals surface area (Å²) in [4.78, 5) is 13.7. The number of thiophene rings is 1. The summed E-state index contributed by atoms with van der Waals surface area (Å²) in [6.45, 7) is 6.16. The maximum absolute atomic E-state index is 10.8. The first-order chi connectivity index (χ1) is 7.08. The van der Waals surface area contributed by atoms with E-state index in [1.165, 1.54) is 16.2 Å². The van der Waals surface area contributed by atoms with Gasteiger partial charge in [0.2, 0.25) is 0 Å². The first kappa shape index (κ1) is 12.4. The first-order valence-electron chi connectivity index (χ1n) is 5.65. The van der Waals surface area contributed by atoms with Crippen LogP contribution >= 0.6 is 11.3 Å². The lowest BCUT2D eigenvalue weighted by Gasteiger charge is -2.00. The van der Waals surface area contributed by atoms with Crippen molar-refractivity contribution in [3.63, 3.8) is 0 Å². The highest BCUT2D eigenvalue weighted by atomic mass is 32.1. The fourth-order valence-corrected chi connectivity index (χ4v) is 2.85. The smallest absolute Gasteiger partial charge is 0.129 e. The monoisotopic (exact) mass is 224 g/mol. The van der Waals surface area contributed by atoms with Crippen LogP contribution in [0.5, 0.6) is 0 Å². The first-order valence-corrected chi connectivity index (χ1v) is 6.46. The standard InChI is InChI=1S/C13H20OS/c1-10(2)9-13-8-7-12(15-13)6-4-5-11(3)14/h7-8,10H,4-6,9H2,1-3H3. The second kappa shape index (κ2) is 6.06. The van der Waals surface area contributed by atoms with Crippen molar-refractivity contribution in [2.24, 2.45) is 5.92 Å². The van der Waals surface area contributed by atoms with Crippen LogP contribution in [-0.2, 0) is 17.6 Å². The highest BCUT2D eigenvalue weighted by Crippen LogP contribution is 2.21. The van der Waals surface area contributed by atoms with Gasteiger partial charge in [-0.3, -0.25) is 0 Å². The third-order valence-electron chi connectivity index (χ3n) is 2.28. The second-order valence-corrected chi connectivity index (χ2v) is 5.77. The predicted molar refractivity (Wildman–Crippen MR) is 66.5 cm³/mol. The van der Waals surface area contributed by atoms with Crippen molar-refractivity contribution in [3.05, 3.63) is 21.9 Å². The summed E-state index contributed by atoms with van der Waals surface area (Å²) in [6.07, 6.45) is 3.95. The number of ketones is 1. The maximum atomic E-state index is 10.8. The molecule has 0 amide bonds. The summed E-state index contributed by atoms with van der Waals surface area (Å²) < 4.78 is 0. The minimum absolute atomic E-state index is 0.300. The molecule has 0 atom stereocenters. The highest BCUT2D eigenvalue weighted by Gasteiger charge is 2.03. The van der Waals surface area contributed by atoms with E-state index in [2.05, 4.69) is 26.0 Å². The summed E-state index contributed by atoms with van der Waals surface area (Å²) in [5.74, 6) is 1.03. The predicted octanol–water partition coefficient (Wildman–Crippen LogP) is 3.86. The molecule has 15 heavy (non-hydrogen) atoms. The molecule has 0 aliphatic carbocycles. The molecule has 1 aromatic heterocycles. The molecule has 1 rings (SSSR count). The molecule has 0 bridgehead atoms. The molecule has 0 aliphatic heterocycles. The quantitative estimate of drug-likeness (QED) is 0.717. The van der Waals surface area contributed by atoms with Crippen molar-refractivity contribution >= 4 is 17.1 Å². The van der Waals surface area contributed by atoms with Gasteiger partial charge in [-0.1, -0.05) is 13.8 Å². The maximum Gasteiger partial charge on any atom is 0.129 e. The van der Waals surface area contributed by atoms with Crippen LogP contribution < -0.4 is 0 Å². The van der Waals surface area contributed by atoms with Crippen molar-refractivity contribution in [2.45, 2.75) is 46.5 Å². The average Bonchev–Trinajstić information content (AvgIpc) is 2.50. The van der Waals surface area contributed by atoms with Gasteiger partial charge in [0.1, 0.15) is 5.78 Å². The molecule has 2 heteroatoms. The number of carbonyl (C=O) groups is 1. The van der Waals surface area contributed by atoms with Gasteiger partial charge in [0, 0.05) is 16.2 Å². The lowest BCUT2D eigenvalue weighted by Crippen LogP contribution is -1.91. The lowest BCUT2D eigenvalue weighted by molar-refractivity contribution is -0.117. The van der Waals surface area contributed by atoms with Crippen molar-refractivity contribution in [2.75, 3.05) is 0 Å². The molecule has 1 nitrogen and oxygen atoms in total. The summed E-state index contributed by atoms with van der Waals surface area (Å²) in [5.41, 5.74) is 0. The summed E-state index contributed by atoms with van der Waals surface area (Å²) >= 11 is 1.90. The normalized spacial score (nSPS) is 10.9. The van der Waals surface area contributed by atoms with Crippen LogP contribution in [0.25, 0.3) is 0 Å². The van der Waals surface area contributed by atoms with Crippen LogP contribution in [0.15, 0.2) is 12.1 Å². The zero-order chi connectivity index (χ0) is 11.3. The number of carbonyl (C=O) groups excluding carboxylic acids is 1. The summed E-state index contributed by atoms with van der Waals surface area (Å²) in [5, 5.41) is 0. The number of hydrogen-bond acceptors (Lipinski definition) is 2. The fourth-order valence-electron chi connectivity index (χ4n) is 1.58. The van der Waals surface area contributed by atoms with E-state index in [0.29, 0.717) is 5.78 Å². The molecule has 1 heterocycles. The van der Waals surface area contributed by atoms with Gasteiger partial charge in [0.15, 0.2) is 0 Å². The van der Waals surface area contributed by atoms with E-state index in [0.717, 1.165) is 25.2 Å². The minimum Gasteiger partial charge on any atom is -0.300 e. The topological polar surface area (TPSA) is 17.1 Å². The van der Waals surface area contributed by atoms with Gasteiger partial charge in [-0.25, -0.2) is 0 Å². The van der Waals surface area contributed by atoms with E-state index in [-0.39, 0.29) is 0 Å². The van der Waals surface area contributed by atoms with Crippen molar-refractivity contribution < 1.29 is 4.79 Å². The van der Waals surface area contributed by atoms with E-state index in [9.17, 15) is 4.79 Å².